The largest absolute Gasteiger partial charge is 0.342 e. The standard InChI is InChI=1S/C19H26ClN3O2/c1-14(2)12-23-13-19(11-17(23)24)7-9-22(10-8-19)18(25)21-16-6-4-3-5-15(16)20/h3-6,14H,7-13H2,1-2H3,(H,21,25). The van der Waals surface area contributed by atoms with E-state index in [1.165, 1.54) is 0 Å². The number of anilines is 1. The molecule has 0 radical (unpaired) electrons. The highest BCUT2D eigenvalue weighted by atomic mass is 35.5. The maximum atomic E-state index is 12.5. The number of rotatable bonds is 3. The molecule has 136 valence electrons. The number of carbonyl (C=O) groups excluding carboxylic acids is 2. The maximum absolute atomic E-state index is 12.5. The van der Waals surface area contributed by atoms with Crippen molar-refractivity contribution in [1.82, 2.24) is 9.80 Å². The zero-order valence-electron chi connectivity index (χ0n) is 14.9. The molecule has 5 nitrogen and oxygen atoms in total. The van der Waals surface area contributed by atoms with Gasteiger partial charge in [0.1, 0.15) is 0 Å². The van der Waals surface area contributed by atoms with Crippen LogP contribution in [0.1, 0.15) is 33.1 Å². The predicted molar refractivity (Wildman–Crippen MR) is 99.7 cm³/mol. The van der Waals surface area contributed by atoms with Gasteiger partial charge in [-0.15, -0.1) is 0 Å². The molecule has 0 aliphatic carbocycles. The number of nitrogens with one attached hydrogen (secondary N) is 1. The first-order valence-electron chi connectivity index (χ1n) is 8.97. The quantitative estimate of drug-likeness (QED) is 0.886. The van der Waals surface area contributed by atoms with Gasteiger partial charge in [0.25, 0.3) is 0 Å². The number of benzene rings is 1. The summed E-state index contributed by atoms with van der Waals surface area (Å²) in [6, 6.07) is 7.12. The third kappa shape index (κ3) is 4.09. The number of para-hydroxylation sites is 1. The second-order valence-corrected chi connectivity index (χ2v) is 8.15. The number of piperidine rings is 1. The van der Waals surface area contributed by atoms with Gasteiger partial charge >= 0.3 is 6.03 Å². The lowest BCUT2D eigenvalue weighted by atomic mass is 9.77. The van der Waals surface area contributed by atoms with Gasteiger partial charge in [0.05, 0.1) is 10.7 Å². The molecule has 1 N–H and O–H groups in total. The summed E-state index contributed by atoms with van der Waals surface area (Å²) in [5.74, 6) is 0.753. The molecule has 1 spiro atoms. The third-order valence-electron chi connectivity index (χ3n) is 5.22. The number of carbonyl (C=O) groups is 2. The smallest absolute Gasteiger partial charge is 0.321 e. The molecule has 0 unspecified atom stereocenters. The van der Waals surface area contributed by atoms with Crippen LogP contribution in [0.15, 0.2) is 24.3 Å². The van der Waals surface area contributed by atoms with E-state index in [1.54, 1.807) is 12.1 Å². The van der Waals surface area contributed by atoms with Crippen molar-refractivity contribution >= 4 is 29.2 Å². The topological polar surface area (TPSA) is 52.6 Å². The zero-order valence-corrected chi connectivity index (χ0v) is 15.7. The van der Waals surface area contributed by atoms with Crippen LogP contribution in [0, 0.1) is 11.3 Å². The van der Waals surface area contributed by atoms with Gasteiger partial charge in [0.2, 0.25) is 5.91 Å². The normalized spacial score (nSPS) is 19.8. The molecule has 2 aliphatic rings. The summed E-state index contributed by atoms with van der Waals surface area (Å²) in [7, 11) is 0. The fourth-order valence-corrected chi connectivity index (χ4v) is 4.05. The molecule has 2 saturated heterocycles. The van der Waals surface area contributed by atoms with Crippen LogP contribution < -0.4 is 5.32 Å². The van der Waals surface area contributed by atoms with Gasteiger partial charge in [-0.25, -0.2) is 4.79 Å². The molecule has 0 bridgehead atoms. The molecule has 6 heteroatoms. The summed E-state index contributed by atoms with van der Waals surface area (Å²) in [5, 5.41) is 3.42. The first kappa shape index (κ1) is 18.1. The SMILES string of the molecule is CC(C)CN1CC2(CCN(C(=O)Nc3ccccc3Cl)CC2)CC1=O. The Hall–Kier alpha value is -1.75. The van der Waals surface area contributed by atoms with Crippen LogP contribution in [-0.2, 0) is 4.79 Å². The monoisotopic (exact) mass is 363 g/mol. The van der Waals surface area contributed by atoms with Gasteiger partial charge in [-0.2, -0.15) is 0 Å². The van der Waals surface area contributed by atoms with E-state index >= 15 is 0 Å². The van der Waals surface area contributed by atoms with E-state index in [0.29, 0.717) is 36.1 Å². The van der Waals surface area contributed by atoms with Crippen molar-refractivity contribution in [3.05, 3.63) is 29.3 Å². The fourth-order valence-electron chi connectivity index (χ4n) is 3.86. The number of urea groups is 1. The second-order valence-electron chi connectivity index (χ2n) is 7.74. The van der Waals surface area contributed by atoms with Crippen LogP contribution in [0.5, 0.6) is 0 Å². The predicted octanol–water partition coefficient (Wildman–Crippen LogP) is 3.84. The average molecular weight is 364 g/mol. The molecule has 25 heavy (non-hydrogen) atoms. The number of likely N-dealkylation sites (tertiary alicyclic amines) is 2. The lowest BCUT2D eigenvalue weighted by molar-refractivity contribution is -0.128. The molecule has 1 aromatic rings. The zero-order chi connectivity index (χ0) is 18.0. The van der Waals surface area contributed by atoms with Crippen LogP contribution >= 0.6 is 11.6 Å². The number of amides is 3. The molecule has 2 aliphatic heterocycles. The van der Waals surface area contributed by atoms with Gasteiger partial charge in [-0.3, -0.25) is 4.79 Å². The minimum atomic E-state index is -0.119. The molecular weight excluding hydrogens is 338 g/mol. The van der Waals surface area contributed by atoms with Crippen molar-refractivity contribution in [1.29, 1.82) is 0 Å². The van der Waals surface area contributed by atoms with Crippen molar-refractivity contribution in [3.8, 4) is 0 Å². The van der Waals surface area contributed by atoms with E-state index < -0.39 is 0 Å². The molecule has 2 fully saturated rings. The van der Waals surface area contributed by atoms with Crippen LogP contribution in [0.4, 0.5) is 10.5 Å². The van der Waals surface area contributed by atoms with E-state index in [1.807, 2.05) is 21.9 Å². The Morgan fingerprint density at radius 3 is 2.60 bits per heavy atom. The first-order chi connectivity index (χ1) is 11.9. The van der Waals surface area contributed by atoms with Crippen LogP contribution in [0.2, 0.25) is 5.02 Å². The summed E-state index contributed by atoms with van der Waals surface area (Å²) in [5.41, 5.74) is 0.682. The van der Waals surface area contributed by atoms with Gasteiger partial charge < -0.3 is 15.1 Å². The summed E-state index contributed by atoms with van der Waals surface area (Å²) < 4.78 is 0. The molecule has 3 amide bonds. The number of hydrogen-bond donors (Lipinski definition) is 1. The Kier molecular flexibility index (Phi) is 5.23. The van der Waals surface area contributed by atoms with Crippen LogP contribution in [0.25, 0.3) is 0 Å². The molecule has 2 heterocycles. The lowest BCUT2D eigenvalue weighted by Crippen LogP contribution is -2.46. The Balaban J connectivity index is 1.56. The van der Waals surface area contributed by atoms with Gasteiger partial charge in [-0.1, -0.05) is 37.6 Å². The number of hydrogen-bond acceptors (Lipinski definition) is 2. The Morgan fingerprint density at radius 1 is 1.28 bits per heavy atom. The van der Waals surface area contributed by atoms with Crippen LogP contribution in [-0.4, -0.2) is 47.9 Å². The number of halogens is 1. The first-order valence-corrected chi connectivity index (χ1v) is 9.35. The van der Waals surface area contributed by atoms with Crippen molar-refractivity contribution in [2.75, 3.05) is 31.5 Å². The minimum absolute atomic E-state index is 0.0488. The number of nitrogens with zero attached hydrogens (tertiary/aromatic N) is 2. The van der Waals surface area contributed by atoms with Crippen molar-refractivity contribution in [3.63, 3.8) is 0 Å². The van der Waals surface area contributed by atoms with Crippen molar-refractivity contribution in [2.24, 2.45) is 11.3 Å². The highest BCUT2D eigenvalue weighted by Gasteiger charge is 2.45. The molecule has 1 aromatic carbocycles. The third-order valence-corrected chi connectivity index (χ3v) is 5.55. The van der Waals surface area contributed by atoms with Crippen molar-refractivity contribution < 1.29 is 9.59 Å². The van der Waals surface area contributed by atoms with E-state index in [2.05, 4.69) is 19.2 Å². The van der Waals surface area contributed by atoms with E-state index in [4.69, 9.17) is 11.6 Å². The molecule has 3 rings (SSSR count). The molecular formula is C19H26ClN3O2. The Morgan fingerprint density at radius 2 is 1.96 bits per heavy atom. The van der Waals surface area contributed by atoms with Gasteiger partial charge in [0.15, 0.2) is 0 Å². The van der Waals surface area contributed by atoms with Crippen molar-refractivity contribution in [2.45, 2.75) is 33.1 Å². The van der Waals surface area contributed by atoms with Gasteiger partial charge in [-0.05, 0) is 30.9 Å². The second kappa shape index (κ2) is 7.24. The molecule has 0 atom stereocenters. The summed E-state index contributed by atoms with van der Waals surface area (Å²) in [6.45, 7) is 7.30. The fraction of sp³-hybridized carbons (Fsp3) is 0.579. The minimum Gasteiger partial charge on any atom is -0.342 e. The van der Waals surface area contributed by atoms with E-state index in [0.717, 1.165) is 25.9 Å². The highest BCUT2D eigenvalue weighted by Crippen LogP contribution is 2.41. The Bertz CT molecular complexity index is 654. The highest BCUT2D eigenvalue weighted by molar-refractivity contribution is 6.33. The lowest BCUT2D eigenvalue weighted by Gasteiger charge is -2.38. The molecule has 0 saturated carbocycles. The van der Waals surface area contributed by atoms with E-state index in [9.17, 15) is 9.59 Å². The van der Waals surface area contributed by atoms with Crippen LogP contribution in [0.3, 0.4) is 0 Å². The average Bonchev–Trinajstić information content (AvgIpc) is 2.85. The molecule has 0 aromatic heterocycles. The summed E-state index contributed by atoms with van der Waals surface area (Å²) in [4.78, 5) is 28.6. The maximum Gasteiger partial charge on any atom is 0.321 e. The summed E-state index contributed by atoms with van der Waals surface area (Å²) >= 11 is 6.10. The van der Waals surface area contributed by atoms with Gasteiger partial charge in [0, 0.05) is 38.0 Å². The van der Waals surface area contributed by atoms with E-state index in [-0.39, 0.29) is 17.4 Å². The Labute approximate surface area is 154 Å². The summed E-state index contributed by atoms with van der Waals surface area (Å²) in [6.07, 6.45) is 2.38.